The molecule has 4 heteroatoms. The Morgan fingerprint density at radius 1 is 1.67 bits per heavy atom. The van der Waals surface area contributed by atoms with Crippen LogP contribution in [0.25, 0.3) is 0 Å². The van der Waals surface area contributed by atoms with E-state index in [1.807, 2.05) is 0 Å². The van der Waals surface area contributed by atoms with E-state index in [0.717, 1.165) is 0 Å². The topological polar surface area (TPSA) is 53.1 Å². The van der Waals surface area contributed by atoms with Gasteiger partial charge < -0.3 is 10.1 Å². The average Bonchev–Trinajstić information content (AvgIpc) is 2.07. The van der Waals surface area contributed by atoms with Gasteiger partial charge in [-0.2, -0.15) is 0 Å². The first-order valence-corrected chi connectivity index (χ1v) is 3.60. The van der Waals surface area contributed by atoms with Gasteiger partial charge in [-0.3, -0.25) is 4.79 Å². The zero-order valence-electron chi connectivity index (χ0n) is 6.10. The molecule has 1 aromatic heterocycles. The minimum atomic E-state index is -0.305. The summed E-state index contributed by atoms with van der Waals surface area (Å²) in [5, 5.41) is 8.78. The molecule has 0 bridgehead atoms. The highest BCUT2D eigenvalue weighted by molar-refractivity contribution is 6.30. The number of nitrogens with one attached hydrogen (secondary N) is 1. The average molecular weight is 184 g/mol. The van der Waals surface area contributed by atoms with Gasteiger partial charge in [-0.15, -0.1) is 0 Å². The molecule has 0 aliphatic heterocycles. The van der Waals surface area contributed by atoms with Gasteiger partial charge in [0.05, 0.1) is 10.6 Å². The van der Waals surface area contributed by atoms with Crippen molar-refractivity contribution in [2.45, 2.75) is 0 Å². The second-order valence-corrected chi connectivity index (χ2v) is 2.46. The van der Waals surface area contributed by atoms with Crippen molar-refractivity contribution in [3.63, 3.8) is 0 Å². The van der Waals surface area contributed by atoms with Gasteiger partial charge in [-0.25, -0.2) is 0 Å². The quantitative estimate of drug-likeness (QED) is 0.571. The van der Waals surface area contributed by atoms with Gasteiger partial charge in [-0.05, 0) is 6.07 Å². The highest BCUT2D eigenvalue weighted by atomic mass is 35.5. The van der Waals surface area contributed by atoms with Gasteiger partial charge >= 0.3 is 0 Å². The van der Waals surface area contributed by atoms with Gasteiger partial charge in [-0.1, -0.05) is 23.4 Å². The first kappa shape index (κ1) is 8.85. The molecule has 0 aromatic carbocycles. The largest absolute Gasteiger partial charge is 0.384 e. The van der Waals surface area contributed by atoms with Gasteiger partial charge in [0.15, 0.2) is 0 Å². The predicted molar refractivity (Wildman–Crippen MR) is 46.0 cm³/mol. The Morgan fingerprint density at radius 2 is 2.42 bits per heavy atom. The molecule has 0 aliphatic rings. The summed E-state index contributed by atoms with van der Waals surface area (Å²) in [5.74, 6) is 4.83. The van der Waals surface area contributed by atoms with Crippen LogP contribution in [-0.2, 0) is 0 Å². The number of pyridine rings is 1. The summed E-state index contributed by atoms with van der Waals surface area (Å²) in [5.41, 5.74) is -0.0445. The van der Waals surface area contributed by atoms with Crippen molar-refractivity contribution in [3.8, 4) is 11.8 Å². The maximum Gasteiger partial charge on any atom is 0.263 e. The standard InChI is InChI=1S/C8H6ClNO2/c9-7-4-6(2-1-3-11)8(12)10-5-7/h4-5,11H,3H2,(H,10,12). The summed E-state index contributed by atoms with van der Waals surface area (Å²) in [6.45, 7) is -0.272. The fourth-order valence-electron chi connectivity index (χ4n) is 0.685. The number of hydrogen-bond donors (Lipinski definition) is 2. The van der Waals surface area contributed by atoms with Crippen molar-refractivity contribution in [3.05, 3.63) is 33.2 Å². The lowest BCUT2D eigenvalue weighted by Gasteiger charge is -1.89. The lowest BCUT2D eigenvalue weighted by Crippen LogP contribution is -2.08. The van der Waals surface area contributed by atoms with E-state index < -0.39 is 0 Å². The highest BCUT2D eigenvalue weighted by Crippen LogP contribution is 2.03. The van der Waals surface area contributed by atoms with Crippen LogP contribution >= 0.6 is 11.6 Å². The smallest absolute Gasteiger partial charge is 0.263 e. The zero-order chi connectivity index (χ0) is 8.97. The van der Waals surface area contributed by atoms with Crippen molar-refractivity contribution >= 4 is 11.6 Å². The molecule has 62 valence electrons. The van der Waals surface area contributed by atoms with Crippen molar-refractivity contribution in [2.75, 3.05) is 6.61 Å². The molecule has 0 saturated carbocycles. The summed E-state index contributed by atoms with van der Waals surface area (Å²) in [4.78, 5) is 13.4. The molecule has 1 heterocycles. The maximum atomic E-state index is 11.0. The number of hydrogen-bond acceptors (Lipinski definition) is 2. The molecule has 0 aliphatic carbocycles. The number of rotatable bonds is 0. The maximum absolute atomic E-state index is 11.0. The van der Waals surface area contributed by atoms with Crippen LogP contribution in [0.5, 0.6) is 0 Å². The monoisotopic (exact) mass is 183 g/mol. The molecule has 0 fully saturated rings. The predicted octanol–water partition coefficient (Wildman–Crippen LogP) is 0.372. The summed E-state index contributed by atoms with van der Waals surface area (Å²) in [6.07, 6.45) is 1.38. The van der Waals surface area contributed by atoms with E-state index >= 15 is 0 Å². The minimum Gasteiger partial charge on any atom is -0.384 e. The van der Waals surface area contributed by atoms with E-state index in [2.05, 4.69) is 16.8 Å². The Balaban J connectivity index is 3.14. The fraction of sp³-hybridized carbons (Fsp3) is 0.125. The summed E-state index contributed by atoms with van der Waals surface area (Å²) < 4.78 is 0. The van der Waals surface area contributed by atoms with Gasteiger partial charge in [0.25, 0.3) is 5.56 Å². The summed E-state index contributed by atoms with van der Waals surface area (Å²) in [6, 6.07) is 1.45. The second kappa shape index (κ2) is 3.96. The Hall–Kier alpha value is -1.24. The minimum absolute atomic E-state index is 0.261. The zero-order valence-corrected chi connectivity index (χ0v) is 6.85. The molecule has 1 rings (SSSR count). The molecular formula is C8H6ClNO2. The van der Waals surface area contributed by atoms with E-state index in [1.165, 1.54) is 12.3 Å². The van der Waals surface area contributed by atoms with Crippen molar-refractivity contribution in [1.29, 1.82) is 0 Å². The third-order valence-electron chi connectivity index (χ3n) is 1.17. The number of halogens is 1. The Morgan fingerprint density at radius 3 is 3.08 bits per heavy atom. The van der Waals surface area contributed by atoms with Crippen LogP contribution in [0.3, 0.4) is 0 Å². The summed E-state index contributed by atoms with van der Waals surface area (Å²) in [7, 11) is 0. The number of aliphatic hydroxyl groups is 1. The SMILES string of the molecule is O=c1[nH]cc(Cl)cc1C#CCO. The van der Waals surface area contributed by atoms with E-state index in [-0.39, 0.29) is 17.7 Å². The van der Waals surface area contributed by atoms with Crippen molar-refractivity contribution < 1.29 is 5.11 Å². The van der Waals surface area contributed by atoms with E-state index in [4.69, 9.17) is 16.7 Å². The molecule has 0 amide bonds. The lowest BCUT2D eigenvalue weighted by molar-refractivity contribution is 0.350. The Bertz CT molecular complexity index is 386. The van der Waals surface area contributed by atoms with Gasteiger partial charge in [0.1, 0.15) is 6.61 Å². The van der Waals surface area contributed by atoms with E-state index in [9.17, 15) is 4.79 Å². The third-order valence-corrected chi connectivity index (χ3v) is 1.39. The molecule has 0 atom stereocenters. The number of aromatic amines is 1. The van der Waals surface area contributed by atoms with Crippen molar-refractivity contribution in [1.82, 2.24) is 4.98 Å². The fourth-order valence-corrected chi connectivity index (χ4v) is 0.849. The van der Waals surface area contributed by atoms with Gasteiger partial charge in [0.2, 0.25) is 0 Å². The van der Waals surface area contributed by atoms with Crippen LogP contribution in [0.15, 0.2) is 17.1 Å². The molecule has 1 aromatic rings. The normalized spacial score (nSPS) is 8.83. The first-order chi connectivity index (χ1) is 5.74. The molecule has 0 unspecified atom stereocenters. The van der Waals surface area contributed by atoms with Crippen LogP contribution in [0.1, 0.15) is 5.56 Å². The first-order valence-electron chi connectivity index (χ1n) is 3.22. The number of H-pyrrole nitrogens is 1. The van der Waals surface area contributed by atoms with Crippen LogP contribution in [0.2, 0.25) is 5.02 Å². The molecule has 0 saturated heterocycles. The molecule has 0 radical (unpaired) electrons. The van der Waals surface area contributed by atoms with Crippen molar-refractivity contribution in [2.24, 2.45) is 0 Å². The lowest BCUT2D eigenvalue weighted by atomic mass is 10.3. The van der Waals surface area contributed by atoms with Crippen LogP contribution in [0, 0.1) is 11.8 Å². The van der Waals surface area contributed by atoms with E-state index in [0.29, 0.717) is 5.02 Å². The second-order valence-electron chi connectivity index (χ2n) is 2.02. The third kappa shape index (κ3) is 2.12. The molecule has 2 N–H and O–H groups in total. The van der Waals surface area contributed by atoms with E-state index in [1.54, 1.807) is 0 Å². The number of aliphatic hydroxyl groups excluding tert-OH is 1. The van der Waals surface area contributed by atoms with Crippen LogP contribution < -0.4 is 5.56 Å². The Kier molecular flexibility index (Phi) is 2.92. The van der Waals surface area contributed by atoms with Crippen LogP contribution in [-0.4, -0.2) is 16.7 Å². The number of aromatic nitrogens is 1. The van der Waals surface area contributed by atoms with Crippen LogP contribution in [0.4, 0.5) is 0 Å². The molecule has 0 spiro atoms. The molecule has 12 heavy (non-hydrogen) atoms. The highest BCUT2D eigenvalue weighted by Gasteiger charge is 1.95. The van der Waals surface area contributed by atoms with Gasteiger partial charge in [0, 0.05) is 6.20 Å². The Labute approximate surface area is 74.0 Å². The molecular weight excluding hydrogens is 178 g/mol. The summed E-state index contributed by atoms with van der Waals surface area (Å²) >= 11 is 5.60. The molecule has 3 nitrogen and oxygen atoms in total.